The number of benzene rings is 3. The van der Waals surface area contributed by atoms with E-state index in [2.05, 4.69) is 4.98 Å². The van der Waals surface area contributed by atoms with Gasteiger partial charge in [0.25, 0.3) is 0 Å². The Morgan fingerprint density at radius 3 is 2.39 bits per heavy atom. The maximum absolute atomic E-state index is 12.9. The normalized spacial score (nSPS) is 10.8. The smallest absolute Gasteiger partial charge is 0.339 e. The van der Waals surface area contributed by atoms with Crippen molar-refractivity contribution in [2.75, 3.05) is 0 Å². The van der Waals surface area contributed by atoms with Crippen molar-refractivity contribution in [3.05, 3.63) is 100 Å². The van der Waals surface area contributed by atoms with E-state index in [1.165, 1.54) is 0 Å². The summed E-state index contributed by atoms with van der Waals surface area (Å²) in [7, 11) is 0. The maximum Gasteiger partial charge on any atom is 0.339 e. The summed E-state index contributed by atoms with van der Waals surface area (Å²) in [6, 6.07) is 24.2. The van der Waals surface area contributed by atoms with Crippen molar-refractivity contribution in [2.45, 2.75) is 6.61 Å². The average molecular weight is 408 g/mol. The number of aromatic nitrogens is 1. The van der Waals surface area contributed by atoms with Crippen LogP contribution in [0.3, 0.4) is 0 Å². The molecule has 28 heavy (non-hydrogen) atoms. The molecule has 138 valence electrons. The molecular formula is C23H15Cl2NO2. The topological polar surface area (TPSA) is 39.2 Å². The molecule has 0 radical (unpaired) electrons. The maximum atomic E-state index is 12.9. The lowest BCUT2D eigenvalue weighted by Crippen LogP contribution is -2.07. The number of carbonyl (C=O) groups excluding carboxylic acids is 1. The molecule has 0 bridgehead atoms. The Hall–Kier alpha value is -2.88. The number of hydrogen-bond acceptors (Lipinski definition) is 3. The van der Waals surface area contributed by atoms with Gasteiger partial charge in [0.2, 0.25) is 0 Å². The van der Waals surface area contributed by atoms with Gasteiger partial charge in [0.1, 0.15) is 6.61 Å². The van der Waals surface area contributed by atoms with Crippen LogP contribution in [0.5, 0.6) is 0 Å². The lowest BCUT2D eigenvalue weighted by Gasteiger charge is -2.10. The van der Waals surface area contributed by atoms with Crippen LogP contribution in [0.25, 0.3) is 22.2 Å². The molecule has 0 fully saturated rings. The van der Waals surface area contributed by atoms with Gasteiger partial charge in [-0.15, -0.1) is 0 Å². The second kappa shape index (κ2) is 8.01. The first-order chi connectivity index (χ1) is 13.6. The van der Waals surface area contributed by atoms with E-state index < -0.39 is 5.97 Å². The molecule has 0 aliphatic heterocycles. The third-order valence-corrected chi connectivity index (χ3v) is 5.10. The largest absolute Gasteiger partial charge is 0.457 e. The Morgan fingerprint density at radius 1 is 0.857 bits per heavy atom. The molecule has 0 N–H and O–H groups in total. The summed E-state index contributed by atoms with van der Waals surface area (Å²) >= 11 is 12.0. The fraction of sp³-hybridized carbons (Fsp3) is 0.0435. The fourth-order valence-electron chi connectivity index (χ4n) is 2.96. The first kappa shape index (κ1) is 18.5. The number of nitrogens with zero attached hydrogens (tertiary/aromatic N) is 1. The highest BCUT2D eigenvalue weighted by molar-refractivity contribution is 6.42. The first-order valence-electron chi connectivity index (χ1n) is 8.68. The van der Waals surface area contributed by atoms with Crippen LogP contribution >= 0.6 is 23.2 Å². The highest BCUT2D eigenvalue weighted by Crippen LogP contribution is 2.26. The minimum atomic E-state index is -0.415. The zero-order chi connectivity index (χ0) is 19.5. The number of halogens is 2. The summed E-state index contributed by atoms with van der Waals surface area (Å²) in [6.07, 6.45) is 0. The van der Waals surface area contributed by atoms with Crippen LogP contribution in [-0.4, -0.2) is 11.0 Å². The van der Waals surface area contributed by atoms with E-state index in [4.69, 9.17) is 27.9 Å². The Kier molecular flexibility index (Phi) is 5.29. The second-order valence-corrected chi connectivity index (χ2v) is 7.08. The molecule has 0 amide bonds. The lowest BCUT2D eigenvalue weighted by atomic mass is 10.0. The van der Waals surface area contributed by atoms with Crippen molar-refractivity contribution in [3.63, 3.8) is 0 Å². The number of ether oxygens (including phenoxy) is 1. The van der Waals surface area contributed by atoms with E-state index in [1.807, 2.05) is 54.6 Å². The molecule has 3 nitrogen and oxygen atoms in total. The molecule has 0 aliphatic rings. The van der Waals surface area contributed by atoms with Crippen LogP contribution < -0.4 is 0 Å². The van der Waals surface area contributed by atoms with Gasteiger partial charge in [-0.25, -0.2) is 9.78 Å². The molecule has 0 saturated heterocycles. The Bertz CT molecular complexity index is 1160. The molecular weight excluding hydrogens is 393 g/mol. The molecule has 3 aromatic carbocycles. The lowest BCUT2D eigenvalue weighted by molar-refractivity contribution is 0.0475. The third-order valence-electron chi connectivity index (χ3n) is 4.36. The van der Waals surface area contributed by atoms with E-state index in [9.17, 15) is 4.79 Å². The standard InChI is InChI=1S/C23H15Cl2NO2/c24-19-11-10-15(12-20(19)25)14-28-23(27)18-13-22(16-6-2-1-3-7-16)26-21-9-5-4-8-17(18)21/h1-13H,14H2. The Labute approximate surface area is 172 Å². The van der Waals surface area contributed by atoms with Gasteiger partial charge >= 0.3 is 5.97 Å². The number of pyridine rings is 1. The molecule has 0 saturated carbocycles. The van der Waals surface area contributed by atoms with Gasteiger partial charge in [-0.05, 0) is 29.8 Å². The van der Waals surface area contributed by atoms with Crippen LogP contribution in [0.1, 0.15) is 15.9 Å². The van der Waals surface area contributed by atoms with Crippen LogP contribution in [0, 0.1) is 0 Å². The highest BCUT2D eigenvalue weighted by atomic mass is 35.5. The first-order valence-corrected chi connectivity index (χ1v) is 9.44. The molecule has 0 aliphatic carbocycles. The van der Waals surface area contributed by atoms with Crippen molar-refractivity contribution in [1.82, 2.24) is 4.98 Å². The molecule has 1 aromatic heterocycles. The van der Waals surface area contributed by atoms with Gasteiger partial charge in [-0.3, -0.25) is 0 Å². The Morgan fingerprint density at radius 2 is 1.61 bits per heavy atom. The average Bonchev–Trinajstić information content (AvgIpc) is 2.74. The number of fused-ring (bicyclic) bond motifs is 1. The summed E-state index contributed by atoms with van der Waals surface area (Å²) < 4.78 is 5.54. The van der Waals surface area contributed by atoms with Crippen LogP contribution in [0.2, 0.25) is 10.0 Å². The van der Waals surface area contributed by atoms with E-state index in [0.717, 1.165) is 27.7 Å². The van der Waals surface area contributed by atoms with Crippen molar-refractivity contribution in [2.24, 2.45) is 0 Å². The van der Waals surface area contributed by atoms with Crippen LogP contribution in [0.15, 0.2) is 78.9 Å². The molecule has 0 spiro atoms. The van der Waals surface area contributed by atoms with Gasteiger partial charge in [-0.2, -0.15) is 0 Å². The van der Waals surface area contributed by atoms with Crippen molar-refractivity contribution < 1.29 is 9.53 Å². The van der Waals surface area contributed by atoms with E-state index in [0.29, 0.717) is 15.6 Å². The predicted molar refractivity (Wildman–Crippen MR) is 113 cm³/mol. The molecule has 4 rings (SSSR count). The summed E-state index contributed by atoms with van der Waals surface area (Å²) in [4.78, 5) is 17.5. The number of para-hydroxylation sites is 1. The summed E-state index contributed by atoms with van der Waals surface area (Å²) in [5, 5.41) is 1.64. The quantitative estimate of drug-likeness (QED) is 0.359. The number of carbonyl (C=O) groups is 1. The third kappa shape index (κ3) is 3.86. The fourth-order valence-corrected chi connectivity index (χ4v) is 3.28. The minimum absolute atomic E-state index is 0.104. The van der Waals surface area contributed by atoms with Crippen molar-refractivity contribution >= 4 is 40.1 Å². The van der Waals surface area contributed by atoms with Crippen molar-refractivity contribution in [3.8, 4) is 11.3 Å². The highest BCUT2D eigenvalue weighted by Gasteiger charge is 2.15. The Balaban J connectivity index is 1.68. The number of rotatable bonds is 4. The van der Waals surface area contributed by atoms with Crippen LogP contribution in [-0.2, 0) is 11.3 Å². The van der Waals surface area contributed by atoms with E-state index >= 15 is 0 Å². The summed E-state index contributed by atoms with van der Waals surface area (Å²) in [5.74, 6) is -0.415. The van der Waals surface area contributed by atoms with Crippen molar-refractivity contribution in [1.29, 1.82) is 0 Å². The molecule has 0 atom stereocenters. The van der Waals surface area contributed by atoms with Gasteiger partial charge in [-0.1, -0.05) is 77.8 Å². The van der Waals surface area contributed by atoms with Gasteiger partial charge < -0.3 is 4.74 Å². The number of hydrogen-bond donors (Lipinski definition) is 0. The molecule has 5 heteroatoms. The van der Waals surface area contributed by atoms with Crippen LogP contribution in [0.4, 0.5) is 0 Å². The summed E-state index contributed by atoms with van der Waals surface area (Å²) in [5.41, 5.74) is 3.65. The minimum Gasteiger partial charge on any atom is -0.457 e. The van der Waals surface area contributed by atoms with Gasteiger partial charge in [0, 0.05) is 10.9 Å². The monoisotopic (exact) mass is 407 g/mol. The van der Waals surface area contributed by atoms with Gasteiger partial charge in [0.15, 0.2) is 0 Å². The number of esters is 1. The molecule has 1 heterocycles. The second-order valence-electron chi connectivity index (χ2n) is 6.26. The zero-order valence-corrected chi connectivity index (χ0v) is 16.2. The SMILES string of the molecule is O=C(OCc1ccc(Cl)c(Cl)c1)c1cc(-c2ccccc2)nc2ccccc12. The molecule has 4 aromatic rings. The predicted octanol–water partition coefficient (Wildman–Crippen LogP) is 6.57. The van der Waals surface area contributed by atoms with Gasteiger partial charge in [0.05, 0.1) is 26.8 Å². The van der Waals surface area contributed by atoms with E-state index in [-0.39, 0.29) is 6.61 Å². The van der Waals surface area contributed by atoms with E-state index in [1.54, 1.807) is 24.3 Å². The molecule has 0 unspecified atom stereocenters. The zero-order valence-electron chi connectivity index (χ0n) is 14.7. The summed E-state index contributed by atoms with van der Waals surface area (Å²) in [6.45, 7) is 0.104.